The molecule has 128 valence electrons. The van der Waals surface area contributed by atoms with E-state index in [1.54, 1.807) is 6.20 Å². The van der Waals surface area contributed by atoms with Crippen molar-refractivity contribution < 1.29 is 19.1 Å². The lowest BCUT2D eigenvalue weighted by Gasteiger charge is -2.10. The highest BCUT2D eigenvalue weighted by molar-refractivity contribution is 6.04. The third-order valence-electron chi connectivity index (χ3n) is 4.23. The number of hydrogen-bond acceptors (Lipinski definition) is 4. The molecular formula is C18H22N2O4. The molecular weight excluding hydrogens is 308 g/mol. The zero-order valence-electron chi connectivity index (χ0n) is 13.8. The van der Waals surface area contributed by atoms with E-state index in [1.807, 2.05) is 35.8 Å². The molecule has 1 aromatic carbocycles. The second-order valence-electron chi connectivity index (χ2n) is 5.86. The predicted molar refractivity (Wildman–Crippen MR) is 89.9 cm³/mol. The van der Waals surface area contributed by atoms with Crippen molar-refractivity contribution >= 4 is 22.8 Å². The number of rotatable bonds is 6. The number of aryl methyl sites for hydroxylation is 1. The molecule has 0 saturated carbocycles. The number of carbonyl (C=O) groups is 2. The first kappa shape index (κ1) is 16.5. The topological polar surface area (TPSA) is 69.6 Å². The second kappa shape index (κ2) is 7.49. The number of esters is 1. The van der Waals surface area contributed by atoms with Crippen LogP contribution in [0.25, 0.3) is 10.9 Å². The van der Waals surface area contributed by atoms with Crippen LogP contribution < -0.4 is 5.32 Å². The molecule has 0 radical (unpaired) electrons. The van der Waals surface area contributed by atoms with Crippen LogP contribution in [0.1, 0.15) is 30.1 Å². The third-order valence-corrected chi connectivity index (χ3v) is 4.23. The van der Waals surface area contributed by atoms with Crippen LogP contribution in [0.15, 0.2) is 30.5 Å². The van der Waals surface area contributed by atoms with Gasteiger partial charge in [-0.15, -0.1) is 0 Å². The Morgan fingerprint density at radius 3 is 2.96 bits per heavy atom. The van der Waals surface area contributed by atoms with Crippen molar-refractivity contribution in [3.63, 3.8) is 0 Å². The predicted octanol–water partition coefficient (Wildman–Crippen LogP) is 2.11. The lowest BCUT2D eigenvalue weighted by Crippen LogP contribution is -2.34. The van der Waals surface area contributed by atoms with Crippen molar-refractivity contribution in [1.29, 1.82) is 0 Å². The van der Waals surface area contributed by atoms with Crippen molar-refractivity contribution in [3.8, 4) is 0 Å². The van der Waals surface area contributed by atoms with Gasteiger partial charge in [-0.3, -0.25) is 4.79 Å². The van der Waals surface area contributed by atoms with E-state index < -0.39 is 5.97 Å². The van der Waals surface area contributed by atoms with Crippen LogP contribution in [0.2, 0.25) is 0 Å². The van der Waals surface area contributed by atoms with E-state index in [9.17, 15) is 9.59 Å². The molecule has 2 heterocycles. The van der Waals surface area contributed by atoms with Crippen molar-refractivity contribution in [2.24, 2.45) is 0 Å². The molecule has 1 N–H and O–H groups in total. The lowest BCUT2D eigenvalue weighted by atomic mass is 10.2. The SMILES string of the molecule is CCn1cc(C(=O)OCC(=O)NCC2CCCO2)c2ccccc21. The van der Waals surface area contributed by atoms with Crippen molar-refractivity contribution in [1.82, 2.24) is 9.88 Å². The number of nitrogens with zero attached hydrogens (tertiary/aromatic N) is 1. The Morgan fingerprint density at radius 2 is 2.21 bits per heavy atom. The smallest absolute Gasteiger partial charge is 0.340 e. The Kier molecular flexibility index (Phi) is 5.15. The molecule has 1 aromatic heterocycles. The molecule has 1 unspecified atom stereocenters. The zero-order valence-corrected chi connectivity index (χ0v) is 13.8. The number of amides is 1. The van der Waals surface area contributed by atoms with Gasteiger partial charge in [0.1, 0.15) is 0 Å². The standard InChI is InChI=1S/C18H22N2O4/c1-2-20-11-15(14-7-3-4-8-16(14)20)18(22)24-12-17(21)19-10-13-6-5-9-23-13/h3-4,7-8,11,13H,2,5-6,9-10,12H2,1H3,(H,19,21). The van der Waals surface area contributed by atoms with Crippen LogP contribution >= 0.6 is 0 Å². The molecule has 1 atom stereocenters. The normalized spacial score (nSPS) is 17.1. The van der Waals surface area contributed by atoms with E-state index in [0.717, 1.165) is 36.9 Å². The van der Waals surface area contributed by atoms with Crippen LogP contribution in [-0.2, 0) is 20.8 Å². The number of ether oxygens (including phenoxy) is 2. The van der Waals surface area contributed by atoms with E-state index in [2.05, 4.69) is 5.32 Å². The number of benzene rings is 1. The molecule has 0 aliphatic carbocycles. The Hall–Kier alpha value is -2.34. The van der Waals surface area contributed by atoms with Gasteiger partial charge in [0.05, 0.1) is 11.7 Å². The first-order valence-corrected chi connectivity index (χ1v) is 8.32. The molecule has 1 amide bonds. The van der Waals surface area contributed by atoms with Crippen molar-refractivity contribution in [2.75, 3.05) is 19.8 Å². The summed E-state index contributed by atoms with van der Waals surface area (Å²) in [5, 5.41) is 3.58. The van der Waals surface area contributed by atoms with Gasteiger partial charge in [0.15, 0.2) is 6.61 Å². The number of aromatic nitrogens is 1. The minimum absolute atomic E-state index is 0.0761. The summed E-state index contributed by atoms with van der Waals surface area (Å²) in [7, 11) is 0. The number of para-hydroxylation sites is 1. The molecule has 3 rings (SSSR count). The summed E-state index contributed by atoms with van der Waals surface area (Å²) in [5.74, 6) is -0.788. The maximum atomic E-state index is 12.3. The highest BCUT2D eigenvalue weighted by Crippen LogP contribution is 2.22. The third kappa shape index (κ3) is 3.59. The van der Waals surface area contributed by atoms with Gasteiger partial charge in [0.2, 0.25) is 0 Å². The number of nitrogens with one attached hydrogen (secondary N) is 1. The summed E-state index contributed by atoms with van der Waals surface area (Å²) < 4.78 is 12.6. The summed E-state index contributed by atoms with van der Waals surface area (Å²) in [5.41, 5.74) is 1.47. The van der Waals surface area contributed by atoms with Crippen molar-refractivity contribution in [2.45, 2.75) is 32.4 Å². The van der Waals surface area contributed by atoms with Gasteiger partial charge in [-0.2, -0.15) is 0 Å². The fraction of sp³-hybridized carbons (Fsp3) is 0.444. The van der Waals surface area contributed by atoms with Crippen LogP contribution in [0.4, 0.5) is 0 Å². The molecule has 24 heavy (non-hydrogen) atoms. The molecule has 1 aliphatic rings. The Labute approximate surface area is 140 Å². The Morgan fingerprint density at radius 1 is 1.38 bits per heavy atom. The minimum Gasteiger partial charge on any atom is -0.452 e. The van der Waals surface area contributed by atoms with Gasteiger partial charge in [-0.05, 0) is 25.8 Å². The summed E-state index contributed by atoms with van der Waals surface area (Å²) in [6, 6.07) is 7.66. The average molecular weight is 330 g/mol. The molecule has 6 nitrogen and oxygen atoms in total. The summed E-state index contributed by atoms with van der Waals surface area (Å²) in [6.07, 6.45) is 3.83. The van der Waals surface area contributed by atoms with Crippen LogP contribution in [0, 0.1) is 0 Å². The van der Waals surface area contributed by atoms with E-state index in [0.29, 0.717) is 12.1 Å². The highest BCUT2D eigenvalue weighted by atomic mass is 16.5. The number of carbonyl (C=O) groups excluding carboxylic acids is 2. The molecule has 1 fully saturated rings. The molecule has 2 aromatic rings. The highest BCUT2D eigenvalue weighted by Gasteiger charge is 2.19. The maximum absolute atomic E-state index is 12.3. The molecule has 6 heteroatoms. The summed E-state index contributed by atoms with van der Waals surface area (Å²) >= 11 is 0. The van der Waals surface area contributed by atoms with E-state index in [1.165, 1.54) is 0 Å². The van der Waals surface area contributed by atoms with Gasteiger partial charge in [-0.25, -0.2) is 4.79 Å². The van der Waals surface area contributed by atoms with E-state index >= 15 is 0 Å². The first-order valence-electron chi connectivity index (χ1n) is 8.32. The van der Waals surface area contributed by atoms with Gasteiger partial charge >= 0.3 is 5.97 Å². The number of hydrogen-bond donors (Lipinski definition) is 1. The summed E-state index contributed by atoms with van der Waals surface area (Å²) in [6.45, 7) is 3.70. The Bertz CT molecular complexity index is 732. The van der Waals surface area contributed by atoms with Crippen molar-refractivity contribution in [3.05, 3.63) is 36.0 Å². The lowest BCUT2D eigenvalue weighted by molar-refractivity contribution is -0.124. The van der Waals surface area contributed by atoms with Gasteiger partial charge in [0, 0.05) is 36.8 Å². The summed E-state index contributed by atoms with van der Waals surface area (Å²) in [4.78, 5) is 24.1. The minimum atomic E-state index is -0.481. The Balaban J connectivity index is 1.58. The molecule has 0 bridgehead atoms. The maximum Gasteiger partial charge on any atom is 0.340 e. The van der Waals surface area contributed by atoms with Gasteiger partial charge in [0.25, 0.3) is 5.91 Å². The zero-order chi connectivity index (χ0) is 16.9. The molecule has 1 saturated heterocycles. The van der Waals surface area contributed by atoms with E-state index in [-0.39, 0.29) is 18.6 Å². The van der Waals surface area contributed by atoms with Crippen LogP contribution in [-0.4, -0.2) is 42.3 Å². The quantitative estimate of drug-likeness (QED) is 0.824. The van der Waals surface area contributed by atoms with Crippen LogP contribution in [0.5, 0.6) is 0 Å². The molecule has 0 spiro atoms. The van der Waals surface area contributed by atoms with Gasteiger partial charge < -0.3 is 19.4 Å². The fourth-order valence-electron chi connectivity index (χ4n) is 2.96. The number of fused-ring (bicyclic) bond motifs is 1. The monoisotopic (exact) mass is 330 g/mol. The largest absolute Gasteiger partial charge is 0.452 e. The first-order chi connectivity index (χ1) is 11.7. The van der Waals surface area contributed by atoms with E-state index in [4.69, 9.17) is 9.47 Å². The van der Waals surface area contributed by atoms with Crippen LogP contribution in [0.3, 0.4) is 0 Å². The van der Waals surface area contributed by atoms with Gasteiger partial charge in [-0.1, -0.05) is 18.2 Å². The average Bonchev–Trinajstić information content (AvgIpc) is 3.25. The fourth-order valence-corrected chi connectivity index (χ4v) is 2.96. The second-order valence-corrected chi connectivity index (χ2v) is 5.86. The molecule has 1 aliphatic heterocycles.